The lowest BCUT2D eigenvalue weighted by Crippen LogP contribution is -2.14. The largest absolute Gasteiger partial charge is 0.454 e. The van der Waals surface area contributed by atoms with Gasteiger partial charge in [-0.15, -0.1) is 0 Å². The van der Waals surface area contributed by atoms with Crippen LogP contribution in [0.5, 0.6) is 11.5 Å². The van der Waals surface area contributed by atoms with Crippen molar-refractivity contribution in [3.05, 3.63) is 81.9 Å². The Labute approximate surface area is 167 Å². The fourth-order valence-corrected chi connectivity index (χ4v) is 3.35. The second-order valence-corrected chi connectivity index (χ2v) is 7.17. The molecule has 3 aromatic rings. The van der Waals surface area contributed by atoms with Gasteiger partial charge in [-0.25, -0.2) is 0 Å². The Morgan fingerprint density at radius 2 is 1.68 bits per heavy atom. The lowest BCUT2D eigenvalue weighted by Gasteiger charge is -2.10. The Hall–Kier alpha value is -3.31. The van der Waals surface area contributed by atoms with E-state index in [9.17, 15) is 9.59 Å². The second-order valence-electron chi connectivity index (χ2n) is 6.74. The molecule has 0 unspecified atom stereocenters. The first-order valence-corrected chi connectivity index (χ1v) is 9.09. The average molecular weight is 393 g/mol. The summed E-state index contributed by atoms with van der Waals surface area (Å²) in [6, 6.07) is 15.6. The highest BCUT2D eigenvalue weighted by molar-refractivity contribution is 6.31. The summed E-state index contributed by atoms with van der Waals surface area (Å²) in [5, 5.41) is 6.12. The molecular formula is C22H17ClN2O3. The number of halogens is 1. The summed E-state index contributed by atoms with van der Waals surface area (Å²) >= 11 is 6.00. The first-order chi connectivity index (χ1) is 13.4. The fourth-order valence-electron chi connectivity index (χ4n) is 3.18. The minimum atomic E-state index is -0.335. The zero-order chi connectivity index (χ0) is 19.8. The van der Waals surface area contributed by atoms with Crippen molar-refractivity contribution in [1.29, 1.82) is 0 Å². The van der Waals surface area contributed by atoms with Crippen LogP contribution in [0.2, 0.25) is 5.02 Å². The molecular weight excluding hydrogens is 376 g/mol. The summed E-state index contributed by atoms with van der Waals surface area (Å²) < 4.78 is 5.85. The van der Waals surface area contributed by atoms with Gasteiger partial charge in [0.1, 0.15) is 5.75 Å². The highest BCUT2D eigenvalue weighted by atomic mass is 35.5. The molecule has 6 heteroatoms. The number of carbonyl (C=O) groups is 2. The van der Waals surface area contributed by atoms with Crippen LogP contribution in [0, 0.1) is 13.8 Å². The zero-order valence-electron chi connectivity index (χ0n) is 15.3. The molecule has 1 heterocycles. The molecule has 0 atom stereocenters. The SMILES string of the molecule is Cc1cc(C)cc(C(=O)Nc2ccc3c(c2)C(=O)Nc2cc(Cl)ccc2O3)c1. The van der Waals surface area contributed by atoms with E-state index in [1.165, 1.54) is 0 Å². The van der Waals surface area contributed by atoms with Crippen LogP contribution in [0.15, 0.2) is 54.6 Å². The van der Waals surface area contributed by atoms with E-state index < -0.39 is 0 Å². The van der Waals surface area contributed by atoms with Gasteiger partial charge in [-0.05, 0) is 62.4 Å². The number of rotatable bonds is 2. The van der Waals surface area contributed by atoms with Gasteiger partial charge in [0.25, 0.3) is 11.8 Å². The van der Waals surface area contributed by atoms with E-state index in [-0.39, 0.29) is 11.8 Å². The molecule has 2 N–H and O–H groups in total. The minimum absolute atomic E-state index is 0.239. The number of amides is 2. The molecule has 1 aliphatic rings. The lowest BCUT2D eigenvalue weighted by atomic mass is 10.1. The quantitative estimate of drug-likeness (QED) is 0.599. The third kappa shape index (κ3) is 3.57. The van der Waals surface area contributed by atoms with Gasteiger partial charge in [-0.3, -0.25) is 9.59 Å². The molecule has 28 heavy (non-hydrogen) atoms. The third-order valence-corrected chi connectivity index (χ3v) is 4.61. The normalized spacial score (nSPS) is 12.2. The van der Waals surface area contributed by atoms with E-state index in [0.717, 1.165) is 11.1 Å². The van der Waals surface area contributed by atoms with Gasteiger partial charge in [0.15, 0.2) is 5.75 Å². The molecule has 2 amide bonds. The molecule has 0 aromatic heterocycles. The van der Waals surface area contributed by atoms with Gasteiger partial charge in [0, 0.05) is 16.3 Å². The Kier molecular flexibility index (Phi) is 4.53. The van der Waals surface area contributed by atoms with Crippen LogP contribution in [0.3, 0.4) is 0 Å². The molecule has 0 aliphatic carbocycles. The highest BCUT2D eigenvalue weighted by Crippen LogP contribution is 2.38. The van der Waals surface area contributed by atoms with Gasteiger partial charge in [-0.2, -0.15) is 0 Å². The molecule has 1 aliphatic heterocycles. The van der Waals surface area contributed by atoms with E-state index in [4.69, 9.17) is 16.3 Å². The predicted octanol–water partition coefficient (Wildman–Crippen LogP) is 5.57. The topological polar surface area (TPSA) is 67.4 Å². The van der Waals surface area contributed by atoms with Crippen molar-refractivity contribution in [3.63, 3.8) is 0 Å². The van der Waals surface area contributed by atoms with Gasteiger partial charge in [-0.1, -0.05) is 28.8 Å². The summed E-state index contributed by atoms with van der Waals surface area (Å²) in [5.74, 6) is 0.335. The number of fused-ring (bicyclic) bond motifs is 2. The molecule has 0 saturated heterocycles. The fraction of sp³-hybridized carbons (Fsp3) is 0.0909. The number of carbonyl (C=O) groups excluding carboxylic acids is 2. The number of benzene rings is 3. The van der Waals surface area contributed by atoms with E-state index >= 15 is 0 Å². The highest BCUT2D eigenvalue weighted by Gasteiger charge is 2.22. The second kappa shape index (κ2) is 7.02. The number of aryl methyl sites for hydroxylation is 2. The van der Waals surface area contributed by atoms with Gasteiger partial charge < -0.3 is 15.4 Å². The first-order valence-electron chi connectivity index (χ1n) is 8.71. The summed E-state index contributed by atoms with van der Waals surface area (Å²) in [4.78, 5) is 25.2. The summed E-state index contributed by atoms with van der Waals surface area (Å²) in [6.07, 6.45) is 0. The number of ether oxygens (including phenoxy) is 1. The first kappa shape index (κ1) is 18.1. The van der Waals surface area contributed by atoms with Crippen LogP contribution < -0.4 is 15.4 Å². The van der Waals surface area contributed by atoms with Crippen LogP contribution in [-0.2, 0) is 0 Å². The Bertz CT molecular complexity index is 1100. The number of anilines is 2. The van der Waals surface area contributed by atoms with Crippen LogP contribution in [0.1, 0.15) is 31.8 Å². The molecule has 0 fully saturated rings. The number of hydrogen-bond acceptors (Lipinski definition) is 3. The van der Waals surface area contributed by atoms with E-state index in [0.29, 0.717) is 39.0 Å². The molecule has 0 bridgehead atoms. The molecule has 3 aromatic carbocycles. The van der Waals surface area contributed by atoms with Crippen molar-refractivity contribution < 1.29 is 14.3 Å². The van der Waals surface area contributed by atoms with Crippen molar-refractivity contribution in [2.45, 2.75) is 13.8 Å². The Morgan fingerprint density at radius 1 is 0.964 bits per heavy atom. The van der Waals surface area contributed by atoms with Crippen LogP contribution in [0.25, 0.3) is 0 Å². The van der Waals surface area contributed by atoms with Crippen LogP contribution in [-0.4, -0.2) is 11.8 Å². The maximum Gasteiger partial charge on any atom is 0.259 e. The Balaban J connectivity index is 1.63. The smallest absolute Gasteiger partial charge is 0.259 e. The molecule has 4 rings (SSSR count). The summed E-state index contributed by atoms with van der Waals surface area (Å²) in [7, 11) is 0. The van der Waals surface area contributed by atoms with Crippen molar-refractivity contribution in [2.75, 3.05) is 10.6 Å². The molecule has 0 spiro atoms. The molecule has 0 saturated carbocycles. The van der Waals surface area contributed by atoms with Crippen LogP contribution in [0.4, 0.5) is 11.4 Å². The summed E-state index contributed by atoms with van der Waals surface area (Å²) in [6.45, 7) is 3.88. The van der Waals surface area contributed by atoms with Crippen molar-refractivity contribution in [3.8, 4) is 11.5 Å². The standard InChI is InChI=1S/C22H17ClN2O3/c1-12-7-13(2)9-14(8-12)21(26)24-16-4-6-19-17(11-16)22(27)25-18-10-15(23)3-5-20(18)28-19/h3-11H,1-2H3,(H,24,26)(H,25,27). The number of nitrogens with one attached hydrogen (secondary N) is 2. The number of hydrogen-bond donors (Lipinski definition) is 2. The maximum absolute atomic E-state index is 12.6. The molecule has 0 radical (unpaired) electrons. The van der Waals surface area contributed by atoms with Crippen molar-refractivity contribution in [1.82, 2.24) is 0 Å². The van der Waals surface area contributed by atoms with Gasteiger partial charge >= 0.3 is 0 Å². The van der Waals surface area contributed by atoms with E-state index in [2.05, 4.69) is 10.6 Å². The average Bonchev–Trinajstić information content (AvgIpc) is 2.76. The van der Waals surface area contributed by atoms with E-state index in [1.54, 1.807) is 36.4 Å². The predicted molar refractivity (Wildman–Crippen MR) is 110 cm³/mol. The summed E-state index contributed by atoms with van der Waals surface area (Å²) in [5.41, 5.74) is 3.91. The minimum Gasteiger partial charge on any atom is -0.454 e. The molecule has 140 valence electrons. The molecule has 5 nitrogen and oxygen atoms in total. The Morgan fingerprint density at radius 3 is 2.43 bits per heavy atom. The van der Waals surface area contributed by atoms with Gasteiger partial charge in [0.05, 0.1) is 11.3 Å². The van der Waals surface area contributed by atoms with Gasteiger partial charge in [0.2, 0.25) is 0 Å². The van der Waals surface area contributed by atoms with E-state index in [1.807, 2.05) is 32.0 Å². The zero-order valence-corrected chi connectivity index (χ0v) is 16.1. The lowest BCUT2D eigenvalue weighted by molar-refractivity contribution is 0.101. The monoisotopic (exact) mass is 392 g/mol. The maximum atomic E-state index is 12.6. The third-order valence-electron chi connectivity index (χ3n) is 4.38. The van der Waals surface area contributed by atoms with Crippen LogP contribution >= 0.6 is 11.6 Å². The van der Waals surface area contributed by atoms with Crippen molar-refractivity contribution in [2.24, 2.45) is 0 Å². The van der Waals surface area contributed by atoms with Crippen molar-refractivity contribution >= 4 is 34.8 Å².